The van der Waals surface area contributed by atoms with E-state index in [0.717, 1.165) is 58.2 Å². The first-order valence-corrected chi connectivity index (χ1v) is 10.2. The highest BCUT2D eigenvalue weighted by molar-refractivity contribution is 5.90. The van der Waals surface area contributed by atoms with Gasteiger partial charge in [-0.3, -0.25) is 9.59 Å². The Kier molecular flexibility index (Phi) is 5.38. The highest BCUT2D eigenvalue weighted by atomic mass is 16.5. The van der Waals surface area contributed by atoms with Crippen molar-refractivity contribution in [2.45, 2.75) is 50.5 Å². The highest BCUT2D eigenvalue weighted by Gasteiger charge is 2.39. The molecule has 1 aromatic heterocycles. The number of hydrogen-bond donors (Lipinski definition) is 0. The van der Waals surface area contributed by atoms with E-state index < -0.39 is 0 Å². The van der Waals surface area contributed by atoms with Crippen molar-refractivity contribution < 1.29 is 14.3 Å². The molecule has 3 aliphatic rings. The van der Waals surface area contributed by atoms with Crippen LogP contribution in [0.1, 0.15) is 55.6 Å². The zero-order valence-electron chi connectivity index (χ0n) is 15.8. The van der Waals surface area contributed by atoms with Crippen LogP contribution < -0.4 is 0 Å². The highest BCUT2D eigenvalue weighted by Crippen LogP contribution is 2.35. The van der Waals surface area contributed by atoms with Crippen LogP contribution in [0, 0.1) is 5.92 Å². The molecular formula is C20H28N4O3. The SMILES string of the molecule is O=C(c1ncccn1)N1CCC(C(=O)N2CCC3(CCCCO3)CC2)CC1. The number of carbonyl (C=O) groups excluding carboxylic acids is 2. The lowest BCUT2D eigenvalue weighted by atomic mass is 9.84. The summed E-state index contributed by atoms with van der Waals surface area (Å²) in [6.07, 6.45) is 10.1. The molecule has 2 amide bonds. The monoisotopic (exact) mass is 372 g/mol. The molecule has 3 fully saturated rings. The van der Waals surface area contributed by atoms with E-state index >= 15 is 0 Å². The average molecular weight is 372 g/mol. The van der Waals surface area contributed by atoms with Gasteiger partial charge in [0.2, 0.25) is 11.7 Å². The van der Waals surface area contributed by atoms with E-state index in [4.69, 9.17) is 4.74 Å². The van der Waals surface area contributed by atoms with Gasteiger partial charge in [-0.15, -0.1) is 0 Å². The minimum atomic E-state index is -0.143. The topological polar surface area (TPSA) is 75.6 Å². The van der Waals surface area contributed by atoms with Crippen molar-refractivity contribution in [3.05, 3.63) is 24.3 Å². The number of nitrogens with zero attached hydrogens (tertiary/aromatic N) is 4. The third-order valence-electron chi connectivity index (χ3n) is 6.31. The van der Waals surface area contributed by atoms with Crippen LogP contribution in [-0.2, 0) is 9.53 Å². The van der Waals surface area contributed by atoms with Crippen LogP contribution in [0.25, 0.3) is 0 Å². The van der Waals surface area contributed by atoms with E-state index in [9.17, 15) is 9.59 Å². The second-order valence-corrected chi connectivity index (χ2v) is 7.95. The van der Waals surface area contributed by atoms with Gasteiger partial charge >= 0.3 is 0 Å². The van der Waals surface area contributed by atoms with Gasteiger partial charge in [-0.1, -0.05) is 0 Å². The molecular weight excluding hydrogens is 344 g/mol. The molecule has 0 aromatic carbocycles. The molecule has 7 nitrogen and oxygen atoms in total. The molecule has 27 heavy (non-hydrogen) atoms. The number of likely N-dealkylation sites (tertiary alicyclic amines) is 2. The number of hydrogen-bond acceptors (Lipinski definition) is 5. The maximum absolute atomic E-state index is 12.9. The molecule has 4 heterocycles. The third-order valence-corrected chi connectivity index (χ3v) is 6.31. The summed E-state index contributed by atoms with van der Waals surface area (Å²) in [5.74, 6) is 0.364. The van der Waals surface area contributed by atoms with Crippen molar-refractivity contribution in [3.63, 3.8) is 0 Å². The lowest BCUT2D eigenvalue weighted by molar-refractivity contribution is -0.147. The van der Waals surface area contributed by atoms with Gasteiger partial charge in [0.15, 0.2) is 0 Å². The zero-order valence-corrected chi connectivity index (χ0v) is 15.8. The first-order chi connectivity index (χ1) is 13.2. The Morgan fingerprint density at radius 2 is 1.67 bits per heavy atom. The predicted octanol–water partition coefficient (Wildman–Crippen LogP) is 1.89. The molecule has 0 N–H and O–H groups in total. The number of rotatable bonds is 2. The van der Waals surface area contributed by atoms with Crippen LogP contribution in [0.15, 0.2) is 18.5 Å². The summed E-state index contributed by atoms with van der Waals surface area (Å²) < 4.78 is 6.07. The molecule has 0 saturated carbocycles. The van der Waals surface area contributed by atoms with Gasteiger partial charge in [-0.2, -0.15) is 0 Å². The molecule has 0 aliphatic carbocycles. The van der Waals surface area contributed by atoms with E-state index in [0.29, 0.717) is 13.1 Å². The smallest absolute Gasteiger partial charge is 0.291 e. The quantitative estimate of drug-likeness (QED) is 0.792. The summed E-state index contributed by atoms with van der Waals surface area (Å²) in [6.45, 7) is 3.65. The molecule has 3 saturated heterocycles. The van der Waals surface area contributed by atoms with Crippen molar-refractivity contribution in [1.82, 2.24) is 19.8 Å². The fourth-order valence-corrected chi connectivity index (χ4v) is 4.58. The summed E-state index contributed by atoms with van der Waals surface area (Å²) in [7, 11) is 0. The van der Waals surface area contributed by atoms with Crippen molar-refractivity contribution in [1.29, 1.82) is 0 Å². The summed E-state index contributed by atoms with van der Waals surface area (Å²) in [5.41, 5.74) is 0.0283. The fourth-order valence-electron chi connectivity index (χ4n) is 4.58. The zero-order chi connectivity index (χ0) is 18.7. The van der Waals surface area contributed by atoms with Crippen LogP contribution in [0.3, 0.4) is 0 Å². The molecule has 4 rings (SSSR count). The normalized spacial score (nSPS) is 23.4. The summed E-state index contributed by atoms with van der Waals surface area (Å²) >= 11 is 0. The van der Waals surface area contributed by atoms with Gasteiger partial charge < -0.3 is 14.5 Å². The molecule has 0 atom stereocenters. The Labute approximate surface area is 160 Å². The van der Waals surface area contributed by atoms with Crippen LogP contribution in [-0.4, -0.2) is 70.0 Å². The molecule has 0 bridgehead atoms. The molecule has 0 radical (unpaired) electrons. The predicted molar refractivity (Wildman–Crippen MR) is 99.0 cm³/mol. The van der Waals surface area contributed by atoms with Crippen LogP contribution >= 0.6 is 0 Å². The maximum Gasteiger partial charge on any atom is 0.291 e. The number of piperidine rings is 2. The second-order valence-electron chi connectivity index (χ2n) is 7.95. The summed E-state index contributed by atoms with van der Waals surface area (Å²) in [5, 5.41) is 0. The van der Waals surface area contributed by atoms with Gasteiger partial charge in [-0.25, -0.2) is 9.97 Å². The Balaban J connectivity index is 1.27. The maximum atomic E-state index is 12.9. The van der Waals surface area contributed by atoms with Gasteiger partial charge in [0, 0.05) is 51.1 Å². The standard InChI is InChI=1S/C20H28N4O3/c25-18(24-13-7-20(8-14-24)6-1-2-15-27-20)16-4-11-23(12-5-16)19(26)17-21-9-3-10-22-17/h3,9-10,16H,1-2,4-8,11-15H2. The number of carbonyl (C=O) groups is 2. The first-order valence-electron chi connectivity index (χ1n) is 10.2. The fraction of sp³-hybridized carbons (Fsp3) is 0.700. The molecule has 0 unspecified atom stereocenters. The Morgan fingerprint density at radius 3 is 2.30 bits per heavy atom. The van der Waals surface area contributed by atoms with E-state index in [-0.39, 0.29) is 29.2 Å². The lowest BCUT2D eigenvalue weighted by Crippen LogP contribution is -2.52. The molecule has 146 valence electrons. The summed E-state index contributed by atoms with van der Waals surface area (Å²) in [4.78, 5) is 37.2. The van der Waals surface area contributed by atoms with Crippen molar-refractivity contribution in [3.8, 4) is 0 Å². The third kappa shape index (κ3) is 3.98. The number of amides is 2. The van der Waals surface area contributed by atoms with E-state index in [2.05, 4.69) is 9.97 Å². The minimum absolute atomic E-state index is 0.0204. The Hall–Kier alpha value is -2.02. The van der Waals surface area contributed by atoms with E-state index in [1.165, 1.54) is 6.42 Å². The lowest BCUT2D eigenvalue weighted by Gasteiger charge is -2.45. The number of aromatic nitrogens is 2. The van der Waals surface area contributed by atoms with Gasteiger partial charge in [0.1, 0.15) is 0 Å². The minimum Gasteiger partial charge on any atom is -0.375 e. The van der Waals surface area contributed by atoms with E-state index in [1.54, 1.807) is 23.4 Å². The van der Waals surface area contributed by atoms with Crippen LogP contribution in [0.4, 0.5) is 0 Å². The molecule has 1 aromatic rings. The number of ether oxygens (including phenoxy) is 1. The molecule has 3 aliphatic heterocycles. The average Bonchev–Trinajstić information content (AvgIpc) is 2.75. The van der Waals surface area contributed by atoms with Crippen molar-refractivity contribution in [2.24, 2.45) is 5.92 Å². The Morgan fingerprint density at radius 1 is 0.963 bits per heavy atom. The Bertz CT molecular complexity index is 657. The second kappa shape index (κ2) is 7.92. The first kappa shape index (κ1) is 18.3. The van der Waals surface area contributed by atoms with Gasteiger partial charge in [-0.05, 0) is 51.0 Å². The largest absolute Gasteiger partial charge is 0.375 e. The van der Waals surface area contributed by atoms with Crippen LogP contribution in [0.2, 0.25) is 0 Å². The van der Waals surface area contributed by atoms with Gasteiger partial charge in [0.25, 0.3) is 5.91 Å². The summed E-state index contributed by atoms with van der Waals surface area (Å²) in [6, 6.07) is 1.70. The molecule has 7 heteroatoms. The molecule has 1 spiro atoms. The van der Waals surface area contributed by atoms with Crippen LogP contribution in [0.5, 0.6) is 0 Å². The van der Waals surface area contributed by atoms with Crippen molar-refractivity contribution >= 4 is 11.8 Å². The van der Waals surface area contributed by atoms with E-state index in [1.807, 2.05) is 4.90 Å². The van der Waals surface area contributed by atoms with Gasteiger partial charge in [0.05, 0.1) is 5.60 Å². The van der Waals surface area contributed by atoms with Crippen molar-refractivity contribution in [2.75, 3.05) is 32.8 Å².